The van der Waals surface area contributed by atoms with Gasteiger partial charge in [0.05, 0.1) is 22.8 Å². The molecule has 1 aromatic heterocycles. The van der Waals surface area contributed by atoms with E-state index in [1.807, 2.05) is 31.2 Å². The SMILES string of the molecule is Cc1cccc(Cn2cc(C(=O)Nc3cc(Cl)c(O)c(Cl)c3)nn2)c1. The lowest BCUT2D eigenvalue weighted by Crippen LogP contribution is -2.12. The Hall–Kier alpha value is -2.57. The van der Waals surface area contributed by atoms with E-state index >= 15 is 0 Å². The number of carbonyl (C=O) groups is 1. The van der Waals surface area contributed by atoms with Crippen molar-refractivity contribution in [3.05, 3.63) is 69.5 Å². The van der Waals surface area contributed by atoms with E-state index in [2.05, 4.69) is 15.6 Å². The minimum Gasteiger partial charge on any atom is -0.505 e. The van der Waals surface area contributed by atoms with E-state index in [1.165, 1.54) is 12.1 Å². The summed E-state index contributed by atoms with van der Waals surface area (Å²) in [5, 5.41) is 20.1. The van der Waals surface area contributed by atoms with Crippen molar-refractivity contribution in [3.63, 3.8) is 0 Å². The van der Waals surface area contributed by atoms with Crippen molar-refractivity contribution < 1.29 is 9.90 Å². The summed E-state index contributed by atoms with van der Waals surface area (Å²) >= 11 is 11.7. The van der Waals surface area contributed by atoms with Gasteiger partial charge in [0.1, 0.15) is 0 Å². The first kappa shape index (κ1) is 17.3. The highest BCUT2D eigenvalue weighted by molar-refractivity contribution is 6.37. The van der Waals surface area contributed by atoms with Gasteiger partial charge in [0.2, 0.25) is 0 Å². The van der Waals surface area contributed by atoms with Crippen LogP contribution in [-0.2, 0) is 6.54 Å². The number of aromatic nitrogens is 3. The zero-order valence-corrected chi connectivity index (χ0v) is 14.7. The van der Waals surface area contributed by atoms with Crippen LogP contribution in [0.3, 0.4) is 0 Å². The third-order valence-electron chi connectivity index (χ3n) is 3.47. The fraction of sp³-hybridized carbons (Fsp3) is 0.118. The highest BCUT2D eigenvalue weighted by Gasteiger charge is 2.14. The van der Waals surface area contributed by atoms with Crippen molar-refractivity contribution in [2.24, 2.45) is 0 Å². The summed E-state index contributed by atoms with van der Waals surface area (Å²) in [4.78, 5) is 12.3. The minimum absolute atomic E-state index is 0.0471. The van der Waals surface area contributed by atoms with E-state index < -0.39 is 5.91 Å². The van der Waals surface area contributed by atoms with Gasteiger partial charge in [-0.25, -0.2) is 4.68 Å². The molecule has 0 fully saturated rings. The van der Waals surface area contributed by atoms with Crippen LogP contribution in [0.1, 0.15) is 21.6 Å². The third-order valence-corrected chi connectivity index (χ3v) is 4.05. The van der Waals surface area contributed by atoms with Gasteiger partial charge in [0.15, 0.2) is 11.4 Å². The molecule has 3 aromatic rings. The maximum absolute atomic E-state index is 12.3. The lowest BCUT2D eigenvalue weighted by Gasteiger charge is -2.06. The quantitative estimate of drug-likeness (QED) is 0.676. The molecular formula is C17H14Cl2N4O2. The Kier molecular flexibility index (Phi) is 4.92. The minimum atomic E-state index is -0.451. The second-order valence-corrected chi connectivity index (χ2v) is 6.35. The second kappa shape index (κ2) is 7.13. The summed E-state index contributed by atoms with van der Waals surface area (Å²) < 4.78 is 1.58. The number of carbonyl (C=O) groups excluding carboxylic acids is 1. The van der Waals surface area contributed by atoms with Crippen molar-refractivity contribution in [2.75, 3.05) is 5.32 Å². The largest absolute Gasteiger partial charge is 0.505 e. The first-order valence-corrected chi connectivity index (χ1v) is 8.13. The number of aryl methyl sites for hydroxylation is 1. The number of anilines is 1. The number of benzene rings is 2. The fourth-order valence-electron chi connectivity index (χ4n) is 2.31. The highest BCUT2D eigenvalue weighted by atomic mass is 35.5. The van der Waals surface area contributed by atoms with Crippen molar-refractivity contribution in [1.29, 1.82) is 0 Å². The molecule has 0 aliphatic rings. The summed E-state index contributed by atoms with van der Waals surface area (Å²) in [6.07, 6.45) is 1.56. The summed E-state index contributed by atoms with van der Waals surface area (Å²) in [5.74, 6) is -0.682. The molecule has 1 heterocycles. The van der Waals surface area contributed by atoms with Crippen LogP contribution in [0.2, 0.25) is 10.0 Å². The lowest BCUT2D eigenvalue weighted by molar-refractivity contribution is 0.102. The zero-order valence-electron chi connectivity index (χ0n) is 13.2. The second-order valence-electron chi connectivity index (χ2n) is 5.53. The molecule has 0 atom stereocenters. The van der Waals surface area contributed by atoms with E-state index in [0.717, 1.165) is 11.1 Å². The monoisotopic (exact) mass is 376 g/mol. The van der Waals surface area contributed by atoms with Crippen LogP contribution in [-0.4, -0.2) is 26.0 Å². The van der Waals surface area contributed by atoms with Crippen LogP contribution in [0.4, 0.5) is 5.69 Å². The Bertz CT molecular complexity index is 917. The Morgan fingerprint density at radius 1 is 1.24 bits per heavy atom. The molecule has 128 valence electrons. The number of phenols is 1. The highest BCUT2D eigenvalue weighted by Crippen LogP contribution is 2.34. The van der Waals surface area contributed by atoms with Crippen molar-refractivity contribution in [1.82, 2.24) is 15.0 Å². The Balaban J connectivity index is 1.72. The number of rotatable bonds is 4. The maximum Gasteiger partial charge on any atom is 0.277 e. The van der Waals surface area contributed by atoms with E-state index in [0.29, 0.717) is 12.2 Å². The average molecular weight is 377 g/mol. The van der Waals surface area contributed by atoms with Crippen LogP contribution >= 0.6 is 23.2 Å². The fourth-order valence-corrected chi connectivity index (χ4v) is 2.80. The molecule has 25 heavy (non-hydrogen) atoms. The van der Waals surface area contributed by atoms with Gasteiger partial charge < -0.3 is 10.4 Å². The predicted octanol–water partition coefficient (Wildman–Crippen LogP) is 3.90. The van der Waals surface area contributed by atoms with E-state index in [-0.39, 0.29) is 21.5 Å². The zero-order chi connectivity index (χ0) is 18.0. The normalized spacial score (nSPS) is 10.7. The number of hydrogen-bond donors (Lipinski definition) is 2. The number of phenolic OH excluding ortho intramolecular Hbond substituents is 1. The topological polar surface area (TPSA) is 80.0 Å². The van der Waals surface area contributed by atoms with E-state index in [4.69, 9.17) is 23.2 Å². The molecule has 8 heteroatoms. The molecule has 0 spiro atoms. The molecule has 0 unspecified atom stereocenters. The van der Waals surface area contributed by atoms with Gasteiger partial charge in [-0.3, -0.25) is 4.79 Å². The first-order valence-electron chi connectivity index (χ1n) is 7.37. The van der Waals surface area contributed by atoms with Crippen LogP contribution in [0, 0.1) is 6.92 Å². The Labute approximate surface area is 154 Å². The average Bonchev–Trinajstić information content (AvgIpc) is 3.01. The molecular weight excluding hydrogens is 363 g/mol. The summed E-state index contributed by atoms with van der Waals surface area (Å²) in [6, 6.07) is 10.8. The number of nitrogens with zero attached hydrogens (tertiary/aromatic N) is 3. The number of halogens is 2. The molecule has 0 radical (unpaired) electrons. The smallest absolute Gasteiger partial charge is 0.277 e. The summed E-state index contributed by atoms with van der Waals surface area (Å²) in [6.45, 7) is 2.52. The van der Waals surface area contributed by atoms with E-state index in [1.54, 1.807) is 10.9 Å². The standard InChI is InChI=1S/C17H14Cl2N4O2/c1-10-3-2-4-11(5-10)8-23-9-15(21-22-23)17(25)20-12-6-13(18)16(24)14(19)7-12/h2-7,9,24H,8H2,1H3,(H,20,25). The predicted molar refractivity (Wildman–Crippen MR) is 96.4 cm³/mol. The molecule has 6 nitrogen and oxygen atoms in total. The Morgan fingerprint density at radius 2 is 1.96 bits per heavy atom. The molecule has 1 amide bonds. The maximum atomic E-state index is 12.3. The molecule has 2 N–H and O–H groups in total. The molecule has 3 rings (SSSR count). The first-order chi connectivity index (χ1) is 11.9. The van der Waals surface area contributed by atoms with Crippen LogP contribution < -0.4 is 5.32 Å². The van der Waals surface area contributed by atoms with Crippen LogP contribution in [0.15, 0.2) is 42.6 Å². The number of nitrogens with one attached hydrogen (secondary N) is 1. The van der Waals surface area contributed by atoms with E-state index in [9.17, 15) is 9.90 Å². The lowest BCUT2D eigenvalue weighted by atomic mass is 10.1. The van der Waals surface area contributed by atoms with Gasteiger partial charge in [-0.05, 0) is 24.6 Å². The van der Waals surface area contributed by atoms with Gasteiger partial charge in [-0.2, -0.15) is 0 Å². The third kappa shape index (κ3) is 4.10. The Morgan fingerprint density at radius 3 is 2.64 bits per heavy atom. The summed E-state index contributed by atoms with van der Waals surface area (Å²) in [7, 11) is 0. The van der Waals surface area contributed by atoms with Crippen LogP contribution in [0.5, 0.6) is 5.75 Å². The molecule has 0 bridgehead atoms. The number of amides is 1. The molecule has 0 aliphatic carbocycles. The molecule has 0 aliphatic heterocycles. The van der Waals surface area contributed by atoms with Gasteiger partial charge in [-0.1, -0.05) is 58.2 Å². The van der Waals surface area contributed by atoms with Gasteiger partial charge >= 0.3 is 0 Å². The molecule has 2 aromatic carbocycles. The van der Waals surface area contributed by atoms with Gasteiger partial charge in [0, 0.05) is 5.69 Å². The van der Waals surface area contributed by atoms with Crippen LogP contribution in [0.25, 0.3) is 0 Å². The van der Waals surface area contributed by atoms with Gasteiger partial charge in [-0.15, -0.1) is 5.10 Å². The van der Waals surface area contributed by atoms with Crippen molar-refractivity contribution in [3.8, 4) is 5.75 Å². The number of aromatic hydroxyl groups is 1. The molecule has 0 saturated carbocycles. The van der Waals surface area contributed by atoms with Gasteiger partial charge in [0.25, 0.3) is 5.91 Å². The molecule has 0 saturated heterocycles. The number of hydrogen-bond acceptors (Lipinski definition) is 4. The summed E-state index contributed by atoms with van der Waals surface area (Å²) in [5.41, 5.74) is 2.73. The van der Waals surface area contributed by atoms with Crippen molar-refractivity contribution in [2.45, 2.75) is 13.5 Å². The van der Waals surface area contributed by atoms with Crippen molar-refractivity contribution >= 4 is 34.8 Å².